The largest absolute Gasteiger partial charge is 0.497 e. The molecular formula is C10H14ClNO2. The second-order valence-corrected chi connectivity index (χ2v) is 3.51. The van der Waals surface area contributed by atoms with Crippen LogP contribution in [-0.4, -0.2) is 18.8 Å². The van der Waals surface area contributed by atoms with E-state index in [9.17, 15) is 0 Å². The Balaban J connectivity index is 3.20. The number of nitrogens with two attached hydrogens (primary N) is 1. The molecule has 0 saturated carbocycles. The van der Waals surface area contributed by atoms with Gasteiger partial charge in [0.25, 0.3) is 0 Å². The van der Waals surface area contributed by atoms with Crippen LogP contribution in [0.3, 0.4) is 0 Å². The first-order valence-corrected chi connectivity index (χ1v) is 4.68. The molecular weight excluding hydrogens is 202 g/mol. The predicted molar refractivity (Wildman–Crippen MR) is 56.8 cm³/mol. The average molecular weight is 216 g/mol. The first-order valence-electron chi connectivity index (χ1n) is 4.30. The van der Waals surface area contributed by atoms with Gasteiger partial charge in [-0.3, -0.25) is 0 Å². The highest BCUT2D eigenvalue weighted by molar-refractivity contribution is 6.32. The molecule has 0 heterocycles. The normalized spacial score (nSPS) is 12.6. The number of halogens is 1. The first kappa shape index (κ1) is 11.3. The number of ether oxygens (including phenoxy) is 1. The fraction of sp³-hybridized carbons (Fsp3) is 0.400. The third-order valence-electron chi connectivity index (χ3n) is 2.09. The number of hydrogen-bond donors (Lipinski definition) is 2. The molecule has 0 fully saturated rings. The van der Waals surface area contributed by atoms with Crippen molar-refractivity contribution < 1.29 is 9.84 Å². The third-order valence-corrected chi connectivity index (χ3v) is 2.60. The zero-order chi connectivity index (χ0) is 10.7. The van der Waals surface area contributed by atoms with Crippen molar-refractivity contribution >= 4 is 11.6 Å². The van der Waals surface area contributed by atoms with Gasteiger partial charge < -0.3 is 15.6 Å². The van der Waals surface area contributed by atoms with Crippen LogP contribution in [0, 0.1) is 6.92 Å². The second-order valence-electron chi connectivity index (χ2n) is 3.14. The second kappa shape index (κ2) is 4.64. The van der Waals surface area contributed by atoms with E-state index in [0.29, 0.717) is 16.3 Å². The minimum atomic E-state index is -0.462. The Kier molecular flexibility index (Phi) is 3.75. The highest BCUT2D eigenvalue weighted by atomic mass is 35.5. The van der Waals surface area contributed by atoms with Gasteiger partial charge >= 0.3 is 0 Å². The van der Waals surface area contributed by atoms with Gasteiger partial charge in [0.05, 0.1) is 19.8 Å². The topological polar surface area (TPSA) is 55.5 Å². The number of rotatable bonds is 3. The summed E-state index contributed by atoms with van der Waals surface area (Å²) in [6, 6.07) is 3.11. The number of methoxy groups -OCH3 is 1. The lowest BCUT2D eigenvalue weighted by atomic mass is 10.0. The third kappa shape index (κ3) is 2.18. The predicted octanol–water partition coefficient (Wildman–Crippen LogP) is 1.65. The fourth-order valence-electron chi connectivity index (χ4n) is 1.25. The van der Waals surface area contributed by atoms with Gasteiger partial charge in [-0.1, -0.05) is 11.6 Å². The Morgan fingerprint density at radius 3 is 2.71 bits per heavy atom. The van der Waals surface area contributed by atoms with E-state index in [1.54, 1.807) is 13.2 Å². The van der Waals surface area contributed by atoms with Crippen molar-refractivity contribution in [2.24, 2.45) is 5.73 Å². The van der Waals surface area contributed by atoms with Crippen molar-refractivity contribution in [2.75, 3.05) is 13.7 Å². The monoisotopic (exact) mass is 215 g/mol. The first-order chi connectivity index (χ1) is 6.60. The lowest BCUT2D eigenvalue weighted by Crippen LogP contribution is -2.15. The van der Waals surface area contributed by atoms with Crippen LogP contribution in [0.2, 0.25) is 5.02 Å². The van der Waals surface area contributed by atoms with Crippen LogP contribution in [0.4, 0.5) is 0 Å². The summed E-state index contributed by atoms with van der Waals surface area (Å²) in [6.07, 6.45) is 0. The number of hydrogen-bond acceptors (Lipinski definition) is 3. The molecule has 0 aliphatic heterocycles. The fourth-order valence-corrected chi connectivity index (χ4v) is 1.50. The minimum absolute atomic E-state index is 0.133. The lowest BCUT2D eigenvalue weighted by molar-refractivity contribution is 0.267. The Labute approximate surface area is 88.4 Å². The van der Waals surface area contributed by atoms with Gasteiger partial charge in [0, 0.05) is 5.02 Å². The lowest BCUT2D eigenvalue weighted by Gasteiger charge is -2.14. The van der Waals surface area contributed by atoms with Gasteiger partial charge in [-0.25, -0.2) is 0 Å². The number of aryl methyl sites for hydroxylation is 1. The molecule has 0 bridgehead atoms. The van der Waals surface area contributed by atoms with E-state index < -0.39 is 6.04 Å². The number of aliphatic hydroxyl groups is 1. The van der Waals surface area contributed by atoms with Crippen LogP contribution in [-0.2, 0) is 0 Å². The standard InChI is InChI=1S/C10H14ClNO2/c1-6-3-7(14-2)4-8(10(6)11)9(12)5-13/h3-4,9,13H,5,12H2,1-2H3. The maximum atomic E-state index is 8.94. The molecule has 0 saturated heterocycles. The molecule has 3 N–H and O–H groups in total. The SMILES string of the molecule is COc1cc(C)c(Cl)c(C(N)CO)c1. The Morgan fingerprint density at radius 1 is 1.57 bits per heavy atom. The van der Waals surface area contributed by atoms with Gasteiger partial charge in [-0.15, -0.1) is 0 Å². The summed E-state index contributed by atoms with van der Waals surface area (Å²) < 4.78 is 5.09. The molecule has 0 amide bonds. The van der Waals surface area contributed by atoms with Crippen molar-refractivity contribution in [1.82, 2.24) is 0 Å². The Morgan fingerprint density at radius 2 is 2.21 bits per heavy atom. The summed E-state index contributed by atoms with van der Waals surface area (Å²) in [4.78, 5) is 0. The van der Waals surface area contributed by atoms with E-state index in [4.69, 9.17) is 27.2 Å². The molecule has 3 nitrogen and oxygen atoms in total. The Hall–Kier alpha value is -0.770. The molecule has 14 heavy (non-hydrogen) atoms. The van der Waals surface area contributed by atoms with Crippen molar-refractivity contribution in [3.05, 3.63) is 28.3 Å². The van der Waals surface area contributed by atoms with Crippen LogP contribution in [0.25, 0.3) is 0 Å². The molecule has 4 heteroatoms. The van der Waals surface area contributed by atoms with Crippen LogP contribution in [0.5, 0.6) is 5.75 Å². The van der Waals surface area contributed by atoms with Crippen LogP contribution in [0.1, 0.15) is 17.2 Å². The van der Waals surface area contributed by atoms with Gasteiger partial charge in [-0.05, 0) is 30.2 Å². The van der Waals surface area contributed by atoms with Gasteiger partial charge in [0.1, 0.15) is 5.75 Å². The molecule has 1 aromatic carbocycles. The molecule has 0 aliphatic carbocycles. The van der Waals surface area contributed by atoms with E-state index in [2.05, 4.69) is 0 Å². The molecule has 0 spiro atoms. The van der Waals surface area contributed by atoms with Crippen LogP contribution in [0.15, 0.2) is 12.1 Å². The van der Waals surface area contributed by atoms with Crippen LogP contribution >= 0.6 is 11.6 Å². The average Bonchev–Trinajstić information content (AvgIpc) is 2.20. The summed E-state index contributed by atoms with van der Waals surface area (Å²) in [5, 5.41) is 9.53. The van der Waals surface area contributed by atoms with E-state index in [-0.39, 0.29) is 6.61 Å². The molecule has 78 valence electrons. The van der Waals surface area contributed by atoms with E-state index in [1.165, 1.54) is 0 Å². The highest BCUT2D eigenvalue weighted by Gasteiger charge is 2.12. The number of aliphatic hydroxyl groups excluding tert-OH is 1. The van der Waals surface area contributed by atoms with Crippen molar-refractivity contribution in [2.45, 2.75) is 13.0 Å². The summed E-state index contributed by atoms with van der Waals surface area (Å²) >= 11 is 6.05. The summed E-state index contributed by atoms with van der Waals surface area (Å²) in [5.74, 6) is 0.700. The zero-order valence-electron chi connectivity index (χ0n) is 8.25. The molecule has 1 rings (SSSR count). The zero-order valence-corrected chi connectivity index (χ0v) is 9.01. The quantitative estimate of drug-likeness (QED) is 0.806. The van der Waals surface area contributed by atoms with Crippen molar-refractivity contribution in [3.63, 3.8) is 0 Å². The highest BCUT2D eigenvalue weighted by Crippen LogP contribution is 2.29. The summed E-state index contributed by atoms with van der Waals surface area (Å²) in [6.45, 7) is 1.74. The molecule has 1 unspecified atom stereocenters. The van der Waals surface area contributed by atoms with Crippen molar-refractivity contribution in [3.8, 4) is 5.75 Å². The molecule has 0 aliphatic rings. The van der Waals surface area contributed by atoms with Crippen LogP contribution < -0.4 is 10.5 Å². The van der Waals surface area contributed by atoms with E-state index >= 15 is 0 Å². The summed E-state index contributed by atoms with van der Waals surface area (Å²) in [5.41, 5.74) is 7.30. The molecule has 1 atom stereocenters. The van der Waals surface area contributed by atoms with Gasteiger partial charge in [0.2, 0.25) is 0 Å². The van der Waals surface area contributed by atoms with E-state index in [0.717, 1.165) is 5.56 Å². The van der Waals surface area contributed by atoms with E-state index in [1.807, 2.05) is 13.0 Å². The van der Waals surface area contributed by atoms with Gasteiger partial charge in [-0.2, -0.15) is 0 Å². The summed E-state index contributed by atoms with van der Waals surface area (Å²) in [7, 11) is 1.58. The maximum absolute atomic E-state index is 8.94. The smallest absolute Gasteiger partial charge is 0.119 e. The maximum Gasteiger partial charge on any atom is 0.119 e. The Bertz CT molecular complexity index is 328. The van der Waals surface area contributed by atoms with Gasteiger partial charge in [0.15, 0.2) is 0 Å². The number of benzene rings is 1. The molecule has 1 aromatic rings. The molecule has 0 aromatic heterocycles. The minimum Gasteiger partial charge on any atom is -0.497 e. The van der Waals surface area contributed by atoms with Crippen molar-refractivity contribution in [1.29, 1.82) is 0 Å². The molecule has 0 radical (unpaired) electrons.